The Balaban J connectivity index is 2.54. The molecule has 3 nitrogen and oxygen atoms in total. The highest BCUT2D eigenvalue weighted by molar-refractivity contribution is 6.31. The molecule has 3 N–H and O–H groups in total. The molecule has 0 aliphatic heterocycles. The molecule has 1 atom stereocenters. The number of ether oxygens (including phenoxy) is 1. The summed E-state index contributed by atoms with van der Waals surface area (Å²) in [5, 5.41) is 0.807. The highest BCUT2D eigenvalue weighted by atomic mass is 35.5. The average Bonchev–Trinajstić information content (AvgIpc) is 2.31. The molecule has 0 aromatic heterocycles. The van der Waals surface area contributed by atoms with Gasteiger partial charge in [0, 0.05) is 24.3 Å². The quantitative estimate of drug-likeness (QED) is 0.448. The number of aryl methyl sites for hydroxylation is 1. The normalized spacial score (nSPS) is 12.7. The van der Waals surface area contributed by atoms with Gasteiger partial charge in [0.15, 0.2) is 0 Å². The molecule has 0 saturated carbocycles. The van der Waals surface area contributed by atoms with E-state index in [2.05, 4.69) is 17.6 Å². The summed E-state index contributed by atoms with van der Waals surface area (Å²) in [7, 11) is 0. The molecule has 0 heterocycles. The summed E-state index contributed by atoms with van der Waals surface area (Å²) in [6.07, 6.45) is 1.71. The number of rotatable bonds is 7. The SMILES string of the molecule is CCOCCC(Cc1ccc(C)cc1Cl)NN. The molecule has 1 aromatic carbocycles. The van der Waals surface area contributed by atoms with Crippen LogP contribution in [0.1, 0.15) is 24.5 Å². The molecule has 96 valence electrons. The van der Waals surface area contributed by atoms with E-state index < -0.39 is 0 Å². The summed E-state index contributed by atoms with van der Waals surface area (Å²) < 4.78 is 5.32. The molecule has 0 aliphatic carbocycles. The van der Waals surface area contributed by atoms with Gasteiger partial charge in [0.05, 0.1) is 0 Å². The Kier molecular flexibility index (Phi) is 6.52. The van der Waals surface area contributed by atoms with Crippen molar-refractivity contribution in [3.63, 3.8) is 0 Å². The van der Waals surface area contributed by atoms with Gasteiger partial charge in [-0.2, -0.15) is 0 Å². The molecular weight excluding hydrogens is 236 g/mol. The second-order valence-corrected chi connectivity index (χ2v) is 4.56. The van der Waals surface area contributed by atoms with E-state index in [-0.39, 0.29) is 6.04 Å². The second kappa shape index (κ2) is 7.67. The predicted octanol–water partition coefficient (Wildman–Crippen LogP) is 2.45. The van der Waals surface area contributed by atoms with Crippen LogP contribution in [0, 0.1) is 6.92 Å². The van der Waals surface area contributed by atoms with E-state index in [9.17, 15) is 0 Å². The fourth-order valence-corrected chi connectivity index (χ4v) is 2.01. The topological polar surface area (TPSA) is 47.3 Å². The van der Waals surface area contributed by atoms with Crippen molar-refractivity contribution in [3.05, 3.63) is 34.3 Å². The lowest BCUT2D eigenvalue weighted by Gasteiger charge is -2.16. The first-order valence-corrected chi connectivity index (χ1v) is 6.34. The van der Waals surface area contributed by atoms with Crippen molar-refractivity contribution in [1.82, 2.24) is 5.43 Å². The molecule has 0 spiro atoms. The van der Waals surface area contributed by atoms with E-state index >= 15 is 0 Å². The monoisotopic (exact) mass is 256 g/mol. The Morgan fingerprint density at radius 3 is 2.82 bits per heavy atom. The van der Waals surface area contributed by atoms with Crippen LogP contribution in [0.5, 0.6) is 0 Å². The van der Waals surface area contributed by atoms with Gasteiger partial charge < -0.3 is 4.74 Å². The first kappa shape index (κ1) is 14.5. The van der Waals surface area contributed by atoms with Crippen LogP contribution in [0.4, 0.5) is 0 Å². The van der Waals surface area contributed by atoms with Crippen LogP contribution in [0.25, 0.3) is 0 Å². The molecule has 1 unspecified atom stereocenters. The van der Waals surface area contributed by atoms with Gasteiger partial charge in [-0.3, -0.25) is 11.3 Å². The molecule has 0 amide bonds. The fraction of sp³-hybridized carbons (Fsp3) is 0.538. The molecule has 0 saturated heterocycles. The summed E-state index contributed by atoms with van der Waals surface area (Å²) in [6.45, 7) is 5.47. The van der Waals surface area contributed by atoms with Crippen LogP contribution < -0.4 is 11.3 Å². The zero-order chi connectivity index (χ0) is 12.7. The van der Waals surface area contributed by atoms with E-state index in [1.165, 1.54) is 5.56 Å². The Hall–Kier alpha value is -0.610. The van der Waals surface area contributed by atoms with Gasteiger partial charge in [0.1, 0.15) is 0 Å². The predicted molar refractivity (Wildman–Crippen MR) is 72.1 cm³/mol. The molecule has 17 heavy (non-hydrogen) atoms. The summed E-state index contributed by atoms with van der Waals surface area (Å²) in [6, 6.07) is 6.30. The molecular formula is C13H21ClN2O. The van der Waals surface area contributed by atoms with Crippen LogP contribution in [0.15, 0.2) is 18.2 Å². The van der Waals surface area contributed by atoms with E-state index in [1.807, 2.05) is 19.9 Å². The number of benzene rings is 1. The third-order valence-electron chi connectivity index (χ3n) is 2.73. The summed E-state index contributed by atoms with van der Waals surface area (Å²) in [5.41, 5.74) is 5.11. The van der Waals surface area contributed by atoms with Gasteiger partial charge in [-0.1, -0.05) is 23.7 Å². The van der Waals surface area contributed by atoms with E-state index in [0.29, 0.717) is 0 Å². The van der Waals surface area contributed by atoms with Crippen molar-refractivity contribution in [2.75, 3.05) is 13.2 Å². The van der Waals surface area contributed by atoms with E-state index in [1.54, 1.807) is 0 Å². The van der Waals surface area contributed by atoms with Crippen molar-refractivity contribution in [1.29, 1.82) is 0 Å². The van der Waals surface area contributed by atoms with Crippen molar-refractivity contribution in [2.24, 2.45) is 5.84 Å². The zero-order valence-corrected chi connectivity index (χ0v) is 11.3. The minimum atomic E-state index is 0.196. The van der Waals surface area contributed by atoms with Crippen molar-refractivity contribution in [3.8, 4) is 0 Å². The van der Waals surface area contributed by atoms with Gasteiger partial charge in [0.2, 0.25) is 0 Å². The minimum absolute atomic E-state index is 0.196. The van der Waals surface area contributed by atoms with Gasteiger partial charge in [-0.05, 0) is 43.9 Å². The Morgan fingerprint density at radius 2 is 2.24 bits per heavy atom. The maximum atomic E-state index is 6.19. The first-order chi connectivity index (χ1) is 8.17. The van der Waals surface area contributed by atoms with Crippen LogP contribution in [-0.4, -0.2) is 19.3 Å². The molecule has 1 aromatic rings. The lowest BCUT2D eigenvalue weighted by atomic mass is 10.0. The second-order valence-electron chi connectivity index (χ2n) is 4.15. The number of nitrogens with two attached hydrogens (primary N) is 1. The fourth-order valence-electron chi connectivity index (χ4n) is 1.70. The molecule has 0 radical (unpaired) electrons. The average molecular weight is 257 g/mol. The lowest BCUT2D eigenvalue weighted by molar-refractivity contribution is 0.136. The van der Waals surface area contributed by atoms with Crippen LogP contribution in [0.3, 0.4) is 0 Å². The highest BCUT2D eigenvalue weighted by Crippen LogP contribution is 2.19. The molecule has 4 heteroatoms. The van der Waals surface area contributed by atoms with Crippen molar-refractivity contribution < 1.29 is 4.74 Å². The van der Waals surface area contributed by atoms with Crippen LogP contribution >= 0.6 is 11.6 Å². The molecule has 0 aliphatic rings. The lowest BCUT2D eigenvalue weighted by Crippen LogP contribution is -2.37. The maximum Gasteiger partial charge on any atom is 0.0481 e. The molecule has 0 fully saturated rings. The first-order valence-electron chi connectivity index (χ1n) is 5.96. The molecule has 0 bridgehead atoms. The third-order valence-corrected chi connectivity index (χ3v) is 3.08. The maximum absolute atomic E-state index is 6.19. The van der Waals surface area contributed by atoms with Crippen molar-refractivity contribution in [2.45, 2.75) is 32.7 Å². The van der Waals surface area contributed by atoms with Crippen LogP contribution in [-0.2, 0) is 11.2 Å². The standard InChI is InChI=1S/C13H21ClN2O/c1-3-17-7-6-12(16-15)9-11-5-4-10(2)8-13(11)14/h4-5,8,12,16H,3,6-7,9,15H2,1-2H3. The van der Waals surface area contributed by atoms with Gasteiger partial charge in [0.25, 0.3) is 0 Å². The smallest absolute Gasteiger partial charge is 0.0481 e. The Labute approximate surface area is 108 Å². The summed E-state index contributed by atoms with van der Waals surface area (Å²) in [4.78, 5) is 0. The zero-order valence-electron chi connectivity index (χ0n) is 10.5. The Morgan fingerprint density at radius 1 is 1.47 bits per heavy atom. The number of hydrazine groups is 1. The van der Waals surface area contributed by atoms with Gasteiger partial charge in [-0.15, -0.1) is 0 Å². The molecule has 1 rings (SSSR count). The van der Waals surface area contributed by atoms with E-state index in [0.717, 1.165) is 36.6 Å². The van der Waals surface area contributed by atoms with Crippen molar-refractivity contribution >= 4 is 11.6 Å². The third kappa shape index (κ3) is 5.04. The number of nitrogens with one attached hydrogen (secondary N) is 1. The van der Waals surface area contributed by atoms with Crippen LogP contribution in [0.2, 0.25) is 5.02 Å². The largest absolute Gasteiger partial charge is 0.382 e. The summed E-state index contributed by atoms with van der Waals surface area (Å²) in [5.74, 6) is 5.53. The number of halogens is 1. The minimum Gasteiger partial charge on any atom is -0.382 e. The highest BCUT2D eigenvalue weighted by Gasteiger charge is 2.10. The van der Waals surface area contributed by atoms with Gasteiger partial charge in [-0.25, -0.2) is 0 Å². The summed E-state index contributed by atoms with van der Waals surface area (Å²) >= 11 is 6.19. The Bertz CT molecular complexity index is 344. The van der Waals surface area contributed by atoms with Gasteiger partial charge >= 0.3 is 0 Å². The number of hydrogen-bond acceptors (Lipinski definition) is 3. The van der Waals surface area contributed by atoms with E-state index in [4.69, 9.17) is 22.2 Å². The number of hydrogen-bond donors (Lipinski definition) is 2.